The molecule has 0 spiro atoms. The van der Waals surface area contributed by atoms with Gasteiger partial charge in [0, 0.05) is 11.6 Å². The first-order chi connectivity index (χ1) is 9.02. The lowest BCUT2D eigenvalue weighted by Gasteiger charge is -2.11. The summed E-state index contributed by atoms with van der Waals surface area (Å²) >= 11 is 0. The fourth-order valence-electron chi connectivity index (χ4n) is 1.70. The lowest BCUT2D eigenvalue weighted by atomic mass is 10.0. The van der Waals surface area contributed by atoms with E-state index in [1.165, 1.54) is 0 Å². The zero-order valence-corrected chi connectivity index (χ0v) is 11.1. The predicted octanol–water partition coefficient (Wildman–Crippen LogP) is 1.63. The van der Waals surface area contributed by atoms with Gasteiger partial charge in [0.25, 0.3) is 0 Å². The Morgan fingerprint density at radius 3 is 2.47 bits per heavy atom. The number of benzene rings is 1. The molecule has 0 aliphatic carbocycles. The zero-order chi connectivity index (χ0) is 14.3. The lowest BCUT2D eigenvalue weighted by Crippen LogP contribution is -2.21. The van der Waals surface area contributed by atoms with Crippen molar-refractivity contribution >= 4 is 17.6 Å². The van der Waals surface area contributed by atoms with Crippen LogP contribution in [-0.4, -0.2) is 23.5 Å². The van der Waals surface area contributed by atoms with Crippen molar-refractivity contribution < 1.29 is 14.7 Å². The first-order valence-corrected chi connectivity index (χ1v) is 6.34. The normalized spacial score (nSPS) is 11.9. The molecule has 1 aromatic carbocycles. The molecule has 0 aliphatic rings. The molecule has 1 rings (SSSR count). The van der Waals surface area contributed by atoms with Gasteiger partial charge in [-0.15, -0.1) is 0 Å². The van der Waals surface area contributed by atoms with Crippen LogP contribution in [-0.2, 0) is 16.0 Å². The first-order valence-electron chi connectivity index (χ1n) is 6.34. The zero-order valence-electron chi connectivity index (χ0n) is 11.1. The van der Waals surface area contributed by atoms with Gasteiger partial charge in [0.05, 0.1) is 6.42 Å². The summed E-state index contributed by atoms with van der Waals surface area (Å²) in [5.41, 5.74) is 6.80. The molecule has 104 valence electrons. The van der Waals surface area contributed by atoms with Crippen molar-refractivity contribution in [2.75, 3.05) is 11.9 Å². The largest absolute Gasteiger partial charge is 0.481 e. The van der Waals surface area contributed by atoms with E-state index in [9.17, 15) is 9.59 Å². The van der Waals surface area contributed by atoms with Gasteiger partial charge in [-0.2, -0.15) is 0 Å². The summed E-state index contributed by atoms with van der Waals surface area (Å²) in [6.07, 6.45) is 1.58. The highest BCUT2D eigenvalue weighted by Gasteiger charge is 2.12. The number of carboxylic acids is 1. The van der Waals surface area contributed by atoms with Gasteiger partial charge in [-0.3, -0.25) is 9.59 Å². The quantitative estimate of drug-likeness (QED) is 0.697. The third-order valence-corrected chi connectivity index (χ3v) is 2.87. The van der Waals surface area contributed by atoms with E-state index < -0.39 is 5.97 Å². The number of carboxylic acid groups (broad SMARTS) is 1. The predicted molar refractivity (Wildman–Crippen MR) is 73.9 cm³/mol. The summed E-state index contributed by atoms with van der Waals surface area (Å²) in [6, 6.07) is 6.83. The summed E-state index contributed by atoms with van der Waals surface area (Å²) in [4.78, 5) is 22.4. The summed E-state index contributed by atoms with van der Waals surface area (Å²) in [5.74, 6) is -0.992. The molecule has 0 heterocycles. The number of carbonyl (C=O) groups is 2. The standard InChI is InChI=1S/C14H20N2O3/c1-10(3-2-8-15)14(19)16-12-6-4-11(5-7-12)9-13(17)18/h4-7,10H,2-3,8-9,15H2,1H3,(H,16,19)(H,17,18). The van der Waals surface area contributed by atoms with E-state index in [1.807, 2.05) is 6.92 Å². The van der Waals surface area contributed by atoms with Crippen LogP contribution in [0.5, 0.6) is 0 Å². The average Bonchev–Trinajstić information content (AvgIpc) is 2.37. The summed E-state index contributed by atoms with van der Waals surface area (Å²) < 4.78 is 0. The van der Waals surface area contributed by atoms with Crippen LogP contribution in [0.15, 0.2) is 24.3 Å². The molecule has 0 radical (unpaired) electrons. The second kappa shape index (κ2) is 7.53. The van der Waals surface area contributed by atoms with Crippen molar-refractivity contribution in [3.05, 3.63) is 29.8 Å². The SMILES string of the molecule is CC(CCCN)C(=O)Nc1ccc(CC(=O)O)cc1. The summed E-state index contributed by atoms with van der Waals surface area (Å²) in [6.45, 7) is 2.45. The second-order valence-electron chi connectivity index (χ2n) is 4.59. The maximum Gasteiger partial charge on any atom is 0.307 e. The molecule has 5 nitrogen and oxygen atoms in total. The van der Waals surface area contributed by atoms with Crippen LogP contribution in [0.4, 0.5) is 5.69 Å². The van der Waals surface area contributed by atoms with Gasteiger partial charge < -0.3 is 16.2 Å². The molecule has 0 bridgehead atoms. The Balaban J connectivity index is 2.52. The number of hydrogen-bond donors (Lipinski definition) is 3. The van der Waals surface area contributed by atoms with E-state index >= 15 is 0 Å². The van der Waals surface area contributed by atoms with E-state index in [2.05, 4.69) is 5.32 Å². The van der Waals surface area contributed by atoms with E-state index in [-0.39, 0.29) is 18.2 Å². The van der Waals surface area contributed by atoms with Crippen molar-refractivity contribution in [1.82, 2.24) is 0 Å². The van der Waals surface area contributed by atoms with Crippen LogP contribution in [0, 0.1) is 5.92 Å². The van der Waals surface area contributed by atoms with Gasteiger partial charge in [-0.1, -0.05) is 19.1 Å². The minimum Gasteiger partial charge on any atom is -0.481 e. The van der Waals surface area contributed by atoms with Crippen LogP contribution >= 0.6 is 0 Å². The van der Waals surface area contributed by atoms with E-state index in [0.717, 1.165) is 12.8 Å². The van der Waals surface area contributed by atoms with Crippen LogP contribution < -0.4 is 11.1 Å². The third-order valence-electron chi connectivity index (χ3n) is 2.87. The molecular formula is C14H20N2O3. The highest BCUT2D eigenvalue weighted by molar-refractivity contribution is 5.92. The molecule has 1 atom stereocenters. The fourth-order valence-corrected chi connectivity index (χ4v) is 1.70. The molecule has 0 aliphatic heterocycles. The number of hydrogen-bond acceptors (Lipinski definition) is 3. The highest BCUT2D eigenvalue weighted by Crippen LogP contribution is 2.13. The molecule has 0 aromatic heterocycles. The van der Waals surface area contributed by atoms with Crippen LogP contribution in [0.3, 0.4) is 0 Å². The lowest BCUT2D eigenvalue weighted by molar-refractivity contribution is -0.136. The Morgan fingerprint density at radius 2 is 1.95 bits per heavy atom. The molecule has 5 heteroatoms. The maximum absolute atomic E-state index is 11.8. The van der Waals surface area contributed by atoms with Crippen molar-refractivity contribution in [3.63, 3.8) is 0 Å². The molecule has 4 N–H and O–H groups in total. The monoisotopic (exact) mass is 264 g/mol. The fraction of sp³-hybridized carbons (Fsp3) is 0.429. The number of carbonyl (C=O) groups excluding carboxylic acids is 1. The van der Waals surface area contributed by atoms with E-state index in [1.54, 1.807) is 24.3 Å². The smallest absolute Gasteiger partial charge is 0.307 e. The number of nitrogens with one attached hydrogen (secondary N) is 1. The molecule has 1 amide bonds. The van der Waals surface area contributed by atoms with E-state index in [0.29, 0.717) is 17.8 Å². The Kier molecular flexibility index (Phi) is 6.02. The highest BCUT2D eigenvalue weighted by atomic mass is 16.4. The number of amides is 1. The van der Waals surface area contributed by atoms with Gasteiger partial charge in [0.2, 0.25) is 5.91 Å². The molecular weight excluding hydrogens is 244 g/mol. The Bertz CT molecular complexity index is 429. The van der Waals surface area contributed by atoms with Gasteiger partial charge in [0.15, 0.2) is 0 Å². The molecule has 0 fully saturated rings. The van der Waals surface area contributed by atoms with Gasteiger partial charge >= 0.3 is 5.97 Å². The minimum atomic E-state index is -0.868. The van der Waals surface area contributed by atoms with E-state index in [4.69, 9.17) is 10.8 Å². The topological polar surface area (TPSA) is 92.4 Å². The minimum absolute atomic E-state index is 0.0128. The van der Waals surface area contributed by atoms with Crippen molar-refractivity contribution in [3.8, 4) is 0 Å². The summed E-state index contributed by atoms with van der Waals surface area (Å²) in [7, 11) is 0. The van der Waals surface area contributed by atoms with Crippen LogP contribution in [0.2, 0.25) is 0 Å². The molecule has 1 aromatic rings. The van der Waals surface area contributed by atoms with Gasteiger partial charge in [-0.25, -0.2) is 0 Å². The Morgan fingerprint density at radius 1 is 1.32 bits per heavy atom. The molecule has 1 unspecified atom stereocenters. The van der Waals surface area contributed by atoms with Gasteiger partial charge in [0.1, 0.15) is 0 Å². The van der Waals surface area contributed by atoms with Crippen molar-refractivity contribution in [1.29, 1.82) is 0 Å². The third kappa shape index (κ3) is 5.52. The Labute approximate surface area is 112 Å². The van der Waals surface area contributed by atoms with Gasteiger partial charge in [-0.05, 0) is 37.1 Å². The molecule has 19 heavy (non-hydrogen) atoms. The second-order valence-corrected chi connectivity index (χ2v) is 4.59. The molecule has 0 saturated carbocycles. The number of aliphatic carboxylic acids is 1. The number of rotatable bonds is 7. The molecule has 0 saturated heterocycles. The maximum atomic E-state index is 11.8. The van der Waals surface area contributed by atoms with Crippen LogP contribution in [0.1, 0.15) is 25.3 Å². The summed E-state index contributed by atoms with van der Waals surface area (Å²) in [5, 5.41) is 11.5. The first kappa shape index (κ1) is 15.2. The van der Waals surface area contributed by atoms with Crippen molar-refractivity contribution in [2.45, 2.75) is 26.2 Å². The number of anilines is 1. The van der Waals surface area contributed by atoms with Crippen molar-refractivity contribution in [2.24, 2.45) is 11.7 Å². The van der Waals surface area contributed by atoms with Crippen LogP contribution in [0.25, 0.3) is 0 Å². The average molecular weight is 264 g/mol. The Hall–Kier alpha value is -1.88. The number of nitrogens with two attached hydrogens (primary N) is 1.